The molecular formula is C29H30N2O5. The fourth-order valence-electron chi connectivity index (χ4n) is 4.49. The Morgan fingerprint density at radius 2 is 1.64 bits per heavy atom. The number of nitrogens with zero attached hydrogens (tertiary/aromatic N) is 1. The van der Waals surface area contributed by atoms with Crippen molar-refractivity contribution in [2.75, 3.05) is 26.1 Å². The molecule has 0 radical (unpaired) electrons. The third-order valence-electron chi connectivity index (χ3n) is 6.70. The van der Waals surface area contributed by atoms with Gasteiger partial charge in [0.05, 0.1) is 14.2 Å². The number of nitrogens with one attached hydrogen (secondary N) is 1. The van der Waals surface area contributed by atoms with Gasteiger partial charge in [-0.3, -0.25) is 9.59 Å². The first-order valence-electron chi connectivity index (χ1n) is 12.2. The molecule has 5 rings (SSSR count). The number of amides is 2. The Hall–Kier alpha value is -4.00. The molecule has 1 saturated carbocycles. The molecule has 1 saturated heterocycles. The van der Waals surface area contributed by atoms with Crippen molar-refractivity contribution in [3.05, 3.63) is 83.9 Å². The van der Waals surface area contributed by atoms with Crippen molar-refractivity contribution in [1.82, 2.24) is 4.90 Å². The van der Waals surface area contributed by atoms with E-state index in [2.05, 4.69) is 5.32 Å². The maximum atomic E-state index is 13.3. The topological polar surface area (TPSA) is 77.1 Å². The van der Waals surface area contributed by atoms with Crippen LogP contribution in [0.3, 0.4) is 0 Å². The van der Waals surface area contributed by atoms with E-state index in [1.54, 1.807) is 20.3 Å². The van der Waals surface area contributed by atoms with Crippen LogP contribution in [0.2, 0.25) is 0 Å². The largest absolute Gasteiger partial charge is 0.497 e. The van der Waals surface area contributed by atoms with Crippen molar-refractivity contribution in [2.45, 2.75) is 31.4 Å². The van der Waals surface area contributed by atoms with Crippen molar-refractivity contribution >= 4 is 17.5 Å². The average molecular weight is 487 g/mol. The molecule has 3 aromatic carbocycles. The first kappa shape index (κ1) is 23.7. The number of ether oxygens (including phenoxy) is 3. The fraction of sp³-hybridized carbons (Fsp3) is 0.310. The van der Waals surface area contributed by atoms with E-state index in [1.165, 1.54) is 0 Å². The van der Waals surface area contributed by atoms with E-state index < -0.39 is 6.10 Å². The zero-order chi connectivity index (χ0) is 25.1. The van der Waals surface area contributed by atoms with E-state index in [9.17, 15) is 9.59 Å². The van der Waals surface area contributed by atoms with Gasteiger partial charge < -0.3 is 24.4 Å². The Bertz CT molecular complexity index is 1240. The quantitative estimate of drug-likeness (QED) is 0.423. The first-order chi connectivity index (χ1) is 17.6. The summed E-state index contributed by atoms with van der Waals surface area (Å²) in [5, 5.41) is 2.94. The molecule has 0 bridgehead atoms. The second kappa shape index (κ2) is 10.3. The van der Waals surface area contributed by atoms with Crippen LogP contribution in [0.5, 0.6) is 17.2 Å². The van der Waals surface area contributed by atoms with E-state index in [1.807, 2.05) is 71.6 Å². The average Bonchev–Trinajstić information content (AvgIpc) is 3.76. The molecule has 1 heterocycles. The number of likely N-dealkylation sites (tertiary alicyclic amines) is 1. The van der Waals surface area contributed by atoms with Gasteiger partial charge in [-0.1, -0.05) is 30.3 Å². The molecule has 36 heavy (non-hydrogen) atoms. The zero-order valence-corrected chi connectivity index (χ0v) is 20.5. The molecule has 2 fully saturated rings. The zero-order valence-electron chi connectivity index (χ0n) is 20.5. The standard InChI is InChI=1S/C29H30N2O5/c1-34-23-13-9-19(10-14-23)15-16-31-26(21-5-3-7-24(17-21)35-2)27(29(31)33)36-25-8-4-6-22(18-25)30-28(32)20-11-12-20/h3-10,13-14,17-18,20,26-27H,11-12,15-16H2,1-2H3,(H,30,32)/t26-,27-/m1/s1. The second-order valence-corrected chi connectivity index (χ2v) is 9.18. The van der Waals surface area contributed by atoms with Crippen LogP contribution in [-0.4, -0.2) is 43.6 Å². The summed E-state index contributed by atoms with van der Waals surface area (Å²) in [5.74, 6) is 2.15. The van der Waals surface area contributed by atoms with Crippen LogP contribution in [0, 0.1) is 5.92 Å². The molecule has 7 nitrogen and oxygen atoms in total. The predicted octanol–water partition coefficient (Wildman–Crippen LogP) is 4.63. The van der Waals surface area contributed by atoms with Crippen LogP contribution >= 0.6 is 0 Å². The summed E-state index contributed by atoms with van der Waals surface area (Å²) in [7, 11) is 3.27. The first-order valence-corrected chi connectivity index (χ1v) is 12.2. The van der Waals surface area contributed by atoms with E-state index in [0.29, 0.717) is 24.4 Å². The summed E-state index contributed by atoms with van der Waals surface area (Å²) in [6.07, 6.45) is 1.92. The van der Waals surface area contributed by atoms with Crippen LogP contribution in [0.1, 0.15) is 30.0 Å². The lowest BCUT2D eigenvalue weighted by Crippen LogP contribution is -2.61. The Balaban J connectivity index is 1.33. The monoisotopic (exact) mass is 486 g/mol. The molecule has 3 aromatic rings. The van der Waals surface area contributed by atoms with Gasteiger partial charge in [-0.2, -0.15) is 0 Å². The Morgan fingerprint density at radius 3 is 2.36 bits per heavy atom. The van der Waals surface area contributed by atoms with Gasteiger partial charge in [0, 0.05) is 24.2 Å². The number of benzene rings is 3. The summed E-state index contributed by atoms with van der Waals surface area (Å²) >= 11 is 0. The molecule has 1 N–H and O–H groups in total. The lowest BCUT2D eigenvalue weighted by Gasteiger charge is -2.47. The van der Waals surface area contributed by atoms with Gasteiger partial charge >= 0.3 is 0 Å². The minimum atomic E-state index is -0.664. The molecule has 1 aliphatic carbocycles. The smallest absolute Gasteiger partial charge is 0.266 e. The van der Waals surface area contributed by atoms with Crippen LogP contribution < -0.4 is 19.5 Å². The number of rotatable bonds is 10. The van der Waals surface area contributed by atoms with E-state index in [4.69, 9.17) is 14.2 Å². The van der Waals surface area contributed by atoms with Crippen molar-refractivity contribution in [2.24, 2.45) is 5.92 Å². The van der Waals surface area contributed by atoms with Crippen molar-refractivity contribution < 1.29 is 23.8 Å². The fourth-order valence-corrected chi connectivity index (χ4v) is 4.49. The molecule has 0 unspecified atom stereocenters. The van der Waals surface area contributed by atoms with Crippen LogP contribution in [0.15, 0.2) is 72.8 Å². The predicted molar refractivity (Wildman–Crippen MR) is 136 cm³/mol. The number of methoxy groups -OCH3 is 2. The molecule has 1 aliphatic heterocycles. The number of hydrogen-bond acceptors (Lipinski definition) is 5. The summed E-state index contributed by atoms with van der Waals surface area (Å²) in [6, 6.07) is 22.6. The number of carbonyl (C=O) groups is 2. The molecule has 2 amide bonds. The van der Waals surface area contributed by atoms with Gasteiger partial charge in [0.25, 0.3) is 5.91 Å². The van der Waals surface area contributed by atoms with Crippen LogP contribution in [0.25, 0.3) is 0 Å². The highest BCUT2D eigenvalue weighted by molar-refractivity contribution is 5.94. The van der Waals surface area contributed by atoms with E-state index in [0.717, 1.165) is 35.5 Å². The maximum absolute atomic E-state index is 13.3. The second-order valence-electron chi connectivity index (χ2n) is 9.18. The Morgan fingerprint density at radius 1 is 0.917 bits per heavy atom. The number of hydrogen-bond donors (Lipinski definition) is 1. The van der Waals surface area contributed by atoms with Gasteiger partial charge in [-0.25, -0.2) is 0 Å². The number of β-lactam (4-membered cyclic amide) rings is 1. The maximum Gasteiger partial charge on any atom is 0.266 e. The molecule has 2 aliphatic rings. The van der Waals surface area contributed by atoms with Crippen molar-refractivity contribution in [3.63, 3.8) is 0 Å². The summed E-state index contributed by atoms with van der Waals surface area (Å²) in [4.78, 5) is 27.3. The lowest BCUT2D eigenvalue weighted by atomic mass is 9.89. The van der Waals surface area contributed by atoms with Gasteiger partial charge in [0.2, 0.25) is 12.0 Å². The molecule has 186 valence electrons. The molecule has 0 spiro atoms. The van der Waals surface area contributed by atoms with Gasteiger partial charge in [0.15, 0.2) is 0 Å². The Kier molecular flexibility index (Phi) is 6.80. The highest BCUT2D eigenvalue weighted by Gasteiger charge is 2.50. The minimum Gasteiger partial charge on any atom is -0.497 e. The van der Waals surface area contributed by atoms with Gasteiger partial charge in [-0.05, 0) is 66.8 Å². The normalized spacial score (nSPS) is 18.8. The number of anilines is 1. The van der Waals surface area contributed by atoms with Crippen LogP contribution in [-0.2, 0) is 16.0 Å². The van der Waals surface area contributed by atoms with Crippen LogP contribution in [0.4, 0.5) is 5.69 Å². The molecule has 7 heteroatoms. The van der Waals surface area contributed by atoms with E-state index >= 15 is 0 Å². The number of carbonyl (C=O) groups excluding carboxylic acids is 2. The van der Waals surface area contributed by atoms with Gasteiger partial charge in [-0.15, -0.1) is 0 Å². The van der Waals surface area contributed by atoms with Crippen molar-refractivity contribution in [3.8, 4) is 17.2 Å². The third-order valence-corrected chi connectivity index (χ3v) is 6.70. The third kappa shape index (κ3) is 5.15. The lowest BCUT2D eigenvalue weighted by molar-refractivity contribution is -0.164. The minimum absolute atomic E-state index is 0.0332. The molecule has 2 atom stereocenters. The SMILES string of the molecule is COc1ccc(CCN2C(=O)[C@H](Oc3cccc(NC(=O)C4CC4)c3)[C@H]2c2cccc(OC)c2)cc1. The Labute approximate surface area is 211 Å². The summed E-state index contributed by atoms with van der Waals surface area (Å²) in [6.45, 7) is 0.560. The molecular weight excluding hydrogens is 456 g/mol. The summed E-state index contributed by atoms with van der Waals surface area (Å²) in [5.41, 5.74) is 2.74. The molecule has 0 aromatic heterocycles. The highest BCUT2D eigenvalue weighted by Crippen LogP contribution is 2.39. The summed E-state index contributed by atoms with van der Waals surface area (Å²) < 4.78 is 16.9. The van der Waals surface area contributed by atoms with Gasteiger partial charge in [0.1, 0.15) is 23.3 Å². The highest BCUT2D eigenvalue weighted by atomic mass is 16.5. The van der Waals surface area contributed by atoms with E-state index in [-0.39, 0.29) is 23.8 Å². The van der Waals surface area contributed by atoms with Crippen molar-refractivity contribution in [1.29, 1.82) is 0 Å².